The van der Waals surface area contributed by atoms with E-state index in [0.29, 0.717) is 6.29 Å². The number of aliphatic hydroxyl groups excluding tert-OH is 3. The second kappa shape index (κ2) is 4.12. The fraction of sp³-hybridized carbons (Fsp3) is 0.857. The van der Waals surface area contributed by atoms with Gasteiger partial charge in [0.05, 0.1) is 0 Å². The number of aldehydes is 1. The molecule has 0 aromatic rings. The topological polar surface area (TPSA) is 96.2 Å². The highest BCUT2D eigenvalue weighted by molar-refractivity contribution is 5.57. The number of methoxy groups -OCH3 is 1. The lowest BCUT2D eigenvalue weighted by Gasteiger charge is -2.37. The number of carbonyl (C=O) groups excluding carboxylic acids is 1. The summed E-state index contributed by atoms with van der Waals surface area (Å²) < 4.78 is 9.48. The molecule has 3 N–H and O–H groups in total. The Labute approximate surface area is 74.7 Å². The Morgan fingerprint density at radius 1 is 1.23 bits per heavy atom. The lowest BCUT2D eigenvalue weighted by atomic mass is 10.00. The van der Waals surface area contributed by atoms with Gasteiger partial charge < -0.3 is 29.6 Å². The molecule has 76 valence electrons. The molecular formula is C7H12O6. The summed E-state index contributed by atoms with van der Waals surface area (Å²) in [6.45, 7) is 0. The van der Waals surface area contributed by atoms with Crippen molar-refractivity contribution in [1.29, 1.82) is 0 Å². The van der Waals surface area contributed by atoms with E-state index in [0.717, 1.165) is 0 Å². The van der Waals surface area contributed by atoms with Crippen molar-refractivity contribution in [1.82, 2.24) is 0 Å². The van der Waals surface area contributed by atoms with Gasteiger partial charge in [-0.1, -0.05) is 0 Å². The Kier molecular flexibility index (Phi) is 3.34. The molecule has 0 saturated carbocycles. The van der Waals surface area contributed by atoms with Gasteiger partial charge in [-0.3, -0.25) is 0 Å². The summed E-state index contributed by atoms with van der Waals surface area (Å²) in [6, 6.07) is 0. The number of ether oxygens (including phenoxy) is 2. The highest BCUT2D eigenvalue weighted by Crippen LogP contribution is 2.20. The van der Waals surface area contributed by atoms with Gasteiger partial charge in [0.1, 0.15) is 24.4 Å². The average Bonchev–Trinajstić information content (AvgIpc) is 2.15. The number of aliphatic hydroxyl groups is 3. The lowest BCUT2D eigenvalue weighted by Crippen LogP contribution is -2.58. The first-order valence-electron chi connectivity index (χ1n) is 3.79. The highest BCUT2D eigenvalue weighted by atomic mass is 16.7. The van der Waals surface area contributed by atoms with Crippen LogP contribution in [0.3, 0.4) is 0 Å². The molecule has 1 aliphatic heterocycles. The van der Waals surface area contributed by atoms with E-state index in [4.69, 9.17) is 4.74 Å². The number of carbonyl (C=O) groups is 1. The third kappa shape index (κ3) is 1.87. The molecule has 2 unspecified atom stereocenters. The van der Waals surface area contributed by atoms with E-state index in [-0.39, 0.29) is 0 Å². The highest BCUT2D eigenvalue weighted by Gasteiger charge is 2.43. The van der Waals surface area contributed by atoms with E-state index < -0.39 is 30.7 Å². The quantitative estimate of drug-likeness (QED) is 0.423. The van der Waals surface area contributed by atoms with Gasteiger partial charge in [-0.2, -0.15) is 0 Å². The minimum Gasteiger partial charge on any atom is -0.387 e. The van der Waals surface area contributed by atoms with E-state index >= 15 is 0 Å². The van der Waals surface area contributed by atoms with Crippen LogP contribution in [0.25, 0.3) is 0 Å². The van der Waals surface area contributed by atoms with Gasteiger partial charge in [-0.25, -0.2) is 0 Å². The first-order valence-corrected chi connectivity index (χ1v) is 3.79. The molecule has 5 atom stereocenters. The van der Waals surface area contributed by atoms with E-state index in [9.17, 15) is 20.1 Å². The van der Waals surface area contributed by atoms with Crippen LogP contribution in [0.5, 0.6) is 0 Å². The average molecular weight is 192 g/mol. The second-order valence-electron chi connectivity index (χ2n) is 2.81. The first-order chi connectivity index (χ1) is 6.11. The summed E-state index contributed by atoms with van der Waals surface area (Å²) in [6.07, 6.45) is -6.10. The maximum absolute atomic E-state index is 10.4. The minimum atomic E-state index is -1.44. The maximum atomic E-state index is 10.4. The molecule has 0 aromatic heterocycles. The van der Waals surface area contributed by atoms with Crippen molar-refractivity contribution in [3.63, 3.8) is 0 Å². The third-order valence-electron chi connectivity index (χ3n) is 1.97. The lowest BCUT2D eigenvalue weighted by molar-refractivity contribution is -0.280. The van der Waals surface area contributed by atoms with Gasteiger partial charge >= 0.3 is 0 Å². The largest absolute Gasteiger partial charge is 0.387 e. The van der Waals surface area contributed by atoms with E-state index in [1.807, 2.05) is 0 Å². The third-order valence-corrected chi connectivity index (χ3v) is 1.97. The van der Waals surface area contributed by atoms with Gasteiger partial charge in [0.15, 0.2) is 12.6 Å². The summed E-state index contributed by atoms with van der Waals surface area (Å²) in [5, 5.41) is 27.7. The fourth-order valence-electron chi connectivity index (χ4n) is 1.18. The molecule has 0 aromatic carbocycles. The van der Waals surface area contributed by atoms with Crippen molar-refractivity contribution in [3.05, 3.63) is 0 Å². The van der Waals surface area contributed by atoms with Crippen LogP contribution in [0, 0.1) is 0 Å². The van der Waals surface area contributed by atoms with Gasteiger partial charge in [-0.05, 0) is 0 Å². The Morgan fingerprint density at radius 2 is 1.85 bits per heavy atom. The Balaban J connectivity index is 2.71. The van der Waals surface area contributed by atoms with Crippen molar-refractivity contribution in [2.75, 3.05) is 7.11 Å². The van der Waals surface area contributed by atoms with Crippen molar-refractivity contribution in [2.24, 2.45) is 0 Å². The van der Waals surface area contributed by atoms with Crippen LogP contribution in [0.2, 0.25) is 0 Å². The first kappa shape index (κ1) is 10.6. The molecule has 0 aliphatic carbocycles. The van der Waals surface area contributed by atoms with Crippen LogP contribution in [0.4, 0.5) is 0 Å². The molecule has 0 spiro atoms. The number of rotatable bonds is 2. The van der Waals surface area contributed by atoms with Crippen LogP contribution in [-0.4, -0.2) is 59.4 Å². The molecule has 6 nitrogen and oxygen atoms in total. The van der Waals surface area contributed by atoms with Crippen LogP contribution >= 0.6 is 0 Å². The zero-order chi connectivity index (χ0) is 10.0. The molecule has 1 fully saturated rings. The summed E-state index contributed by atoms with van der Waals surface area (Å²) in [7, 11) is 1.26. The predicted octanol–water partition coefficient (Wildman–Crippen LogP) is -2.36. The molecule has 13 heavy (non-hydrogen) atoms. The predicted molar refractivity (Wildman–Crippen MR) is 39.8 cm³/mol. The Hall–Kier alpha value is -0.530. The zero-order valence-electron chi connectivity index (χ0n) is 7.03. The molecular weight excluding hydrogens is 180 g/mol. The van der Waals surface area contributed by atoms with E-state index in [1.165, 1.54) is 7.11 Å². The molecule has 0 amide bonds. The molecule has 0 bridgehead atoms. The smallest absolute Gasteiger partial charge is 0.186 e. The molecule has 0 radical (unpaired) electrons. The summed E-state index contributed by atoms with van der Waals surface area (Å²) in [5.41, 5.74) is 0. The molecule has 1 heterocycles. The van der Waals surface area contributed by atoms with Gasteiger partial charge in [-0.15, -0.1) is 0 Å². The van der Waals surface area contributed by atoms with E-state index in [1.54, 1.807) is 0 Å². The Morgan fingerprint density at radius 3 is 2.31 bits per heavy atom. The number of hydrogen-bond acceptors (Lipinski definition) is 6. The van der Waals surface area contributed by atoms with Crippen LogP contribution in [-0.2, 0) is 14.3 Å². The Bertz CT molecular complexity index is 182. The standard InChI is InChI=1S/C7H12O6/c1-12-7-6(11)5(10)4(9)3(2-8)13-7/h2-7,9-11H,1H3/t3?,4-,5+,6?,7-/m1/s1. The number of hydrogen-bond donors (Lipinski definition) is 3. The zero-order valence-corrected chi connectivity index (χ0v) is 7.03. The normalized spacial score (nSPS) is 46.0. The second-order valence-corrected chi connectivity index (χ2v) is 2.81. The van der Waals surface area contributed by atoms with Crippen molar-refractivity contribution >= 4 is 6.29 Å². The van der Waals surface area contributed by atoms with Gasteiger partial charge in [0.25, 0.3) is 0 Å². The summed E-state index contributed by atoms with van der Waals surface area (Å²) in [4.78, 5) is 10.4. The summed E-state index contributed by atoms with van der Waals surface area (Å²) in [5.74, 6) is 0. The molecule has 1 rings (SSSR count). The molecule has 6 heteroatoms. The van der Waals surface area contributed by atoms with E-state index in [2.05, 4.69) is 4.74 Å². The monoisotopic (exact) mass is 192 g/mol. The summed E-state index contributed by atoms with van der Waals surface area (Å²) >= 11 is 0. The van der Waals surface area contributed by atoms with Crippen LogP contribution in [0.15, 0.2) is 0 Å². The van der Waals surface area contributed by atoms with Crippen molar-refractivity contribution in [3.8, 4) is 0 Å². The fourth-order valence-corrected chi connectivity index (χ4v) is 1.18. The van der Waals surface area contributed by atoms with Crippen LogP contribution in [0.1, 0.15) is 0 Å². The molecule has 1 saturated heterocycles. The SMILES string of the molecule is CO[C@@H]1OC(C=O)[C@@H](O)[C@H](O)C1O. The molecule has 1 aliphatic rings. The van der Waals surface area contributed by atoms with Gasteiger partial charge in [0.2, 0.25) is 0 Å². The minimum absolute atomic E-state index is 0.353. The van der Waals surface area contributed by atoms with Crippen molar-refractivity contribution in [2.45, 2.75) is 30.7 Å². The van der Waals surface area contributed by atoms with Crippen molar-refractivity contribution < 1.29 is 29.6 Å². The maximum Gasteiger partial charge on any atom is 0.186 e. The van der Waals surface area contributed by atoms with Gasteiger partial charge in [0, 0.05) is 7.11 Å². The van der Waals surface area contributed by atoms with Crippen LogP contribution < -0.4 is 0 Å².